The Bertz CT molecular complexity index is 591. The predicted molar refractivity (Wildman–Crippen MR) is 77.8 cm³/mol. The third-order valence-corrected chi connectivity index (χ3v) is 3.67. The van der Waals surface area contributed by atoms with Gasteiger partial charge in [0.25, 0.3) is 0 Å². The van der Waals surface area contributed by atoms with Gasteiger partial charge in [-0.3, -0.25) is 0 Å². The van der Waals surface area contributed by atoms with Crippen molar-refractivity contribution in [3.63, 3.8) is 0 Å². The van der Waals surface area contributed by atoms with E-state index in [1.807, 2.05) is 25.1 Å². The lowest BCUT2D eigenvalue weighted by atomic mass is 10.3. The average molecular weight is 300 g/mol. The van der Waals surface area contributed by atoms with Gasteiger partial charge in [-0.2, -0.15) is 0 Å². The van der Waals surface area contributed by atoms with Crippen LogP contribution in [0.25, 0.3) is 11.0 Å². The zero-order valence-electron chi connectivity index (χ0n) is 10.6. The first-order valence-corrected chi connectivity index (χ1v) is 7.13. The smallest absolute Gasteiger partial charge is 0.146 e. The molecule has 1 aromatic heterocycles. The van der Waals surface area contributed by atoms with E-state index in [-0.39, 0.29) is 5.38 Å². The number of halogens is 2. The summed E-state index contributed by atoms with van der Waals surface area (Å²) in [5, 5.41) is 2.75. The second-order valence-corrected chi connectivity index (χ2v) is 5.69. The lowest BCUT2D eigenvalue weighted by Crippen LogP contribution is -2.44. The first kappa shape index (κ1) is 13.0. The average Bonchev–Trinajstić information content (AvgIpc) is 2.78. The molecular weight excluding hydrogens is 285 g/mol. The van der Waals surface area contributed by atoms with Crippen LogP contribution in [0.1, 0.15) is 18.1 Å². The maximum Gasteiger partial charge on any atom is 0.146 e. The summed E-state index contributed by atoms with van der Waals surface area (Å²) < 4.78 is 7.50. The molecular formula is C13H15Cl2N3O. The van der Waals surface area contributed by atoms with Crippen molar-refractivity contribution in [3.05, 3.63) is 29.0 Å². The summed E-state index contributed by atoms with van der Waals surface area (Å²) >= 11 is 12.3. The van der Waals surface area contributed by atoms with Crippen molar-refractivity contribution < 1.29 is 4.74 Å². The van der Waals surface area contributed by atoms with Crippen LogP contribution in [0.15, 0.2) is 18.2 Å². The van der Waals surface area contributed by atoms with Gasteiger partial charge in [0.15, 0.2) is 0 Å². The molecule has 1 fully saturated rings. The molecule has 1 saturated heterocycles. The molecule has 0 radical (unpaired) electrons. The first-order valence-electron chi connectivity index (χ1n) is 6.32. The van der Waals surface area contributed by atoms with Crippen molar-refractivity contribution in [1.82, 2.24) is 9.66 Å². The van der Waals surface area contributed by atoms with E-state index in [4.69, 9.17) is 27.9 Å². The van der Waals surface area contributed by atoms with Crippen LogP contribution in [-0.2, 0) is 4.74 Å². The summed E-state index contributed by atoms with van der Waals surface area (Å²) in [5.74, 6) is 0.848. The summed E-state index contributed by atoms with van der Waals surface area (Å²) in [5.41, 5.74) is 1.91. The molecule has 19 heavy (non-hydrogen) atoms. The highest BCUT2D eigenvalue weighted by Gasteiger charge is 2.21. The van der Waals surface area contributed by atoms with E-state index in [1.54, 1.807) is 0 Å². The number of imidazole rings is 1. The van der Waals surface area contributed by atoms with E-state index in [0.29, 0.717) is 5.02 Å². The van der Waals surface area contributed by atoms with Crippen molar-refractivity contribution in [3.8, 4) is 0 Å². The Kier molecular flexibility index (Phi) is 3.56. The summed E-state index contributed by atoms with van der Waals surface area (Å²) in [6.07, 6.45) is 0. The van der Waals surface area contributed by atoms with Gasteiger partial charge in [-0.1, -0.05) is 11.6 Å². The second kappa shape index (κ2) is 5.19. The van der Waals surface area contributed by atoms with E-state index < -0.39 is 0 Å². The molecule has 0 amide bonds. The molecule has 1 aliphatic heterocycles. The van der Waals surface area contributed by atoms with Gasteiger partial charge >= 0.3 is 0 Å². The van der Waals surface area contributed by atoms with E-state index in [1.165, 1.54) is 0 Å². The standard InChI is InChI=1S/C13H15Cl2N3O/c1-9(14)13-16-11-8-10(15)2-3-12(11)18(13)17-4-6-19-7-5-17/h2-3,8-9H,4-7H2,1H3. The van der Waals surface area contributed by atoms with Gasteiger partial charge < -0.3 is 9.75 Å². The number of benzene rings is 1. The molecule has 2 aromatic rings. The minimum Gasteiger partial charge on any atom is -0.378 e. The molecule has 1 aromatic carbocycles. The zero-order valence-corrected chi connectivity index (χ0v) is 12.2. The number of rotatable bonds is 2. The van der Waals surface area contributed by atoms with Gasteiger partial charge in [-0.15, -0.1) is 11.6 Å². The van der Waals surface area contributed by atoms with Gasteiger partial charge in [0.1, 0.15) is 5.82 Å². The maximum absolute atomic E-state index is 6.26. The number of fused-ring (bicyclic) bond motifs is 1. The molecule has 0 N–H and O–H groups in total. The predicted octanol–water partition coefficient (Wildman–Crippen LogP) is 2.96. The lowest BCUT2D eigenvalue weighted by Gasteiger charge is -2.31. The first-order chi connectivity index (χ1) is 9.16. The third kappa shape index (κ3) is 2.40. The Labute approximate surface area is 121 Å². The van der Waals surface area contributed by atoms with Gasteiger partial charge in [-0.25, -0.2) is 9.66 Å². The Morgan fingerprint density at radius 3 is 2.74 bits per heavy atom. The van der Waals surface area contributed by atoms with Gasteiger partial charge in [-0.05, 0) is 25.1 Å². The number of aromatic nitrogens is 2. The topological polar surface area (TPSA) is 30.3 Å². The third-order valence-electron chi connectivity index (χ3n) is 3.24. The Balaban J connectivity index is 2.15. The normalized spacial score (nSPS) is 17.9. The van der Waals surface area contributed by atoms with E-state index >= 15 is 0 Å². The van der Waals surface area contributed by atoms with Crippen LogP contribution < -0.4 is 5.01 Å². The number of hydrogen-bond acceptors (Lipinski definition) is 3. The van der Waals surface area contributed by atoms with Gasteiger partial charge in [0, 0.05) is 5.02 Å². The Morgan fingerprint density at radius 2 is 2.05 bits per heavy atom. The SMILES string of the molecule is CC(Cl)c1nc2cc(Cl)ccc2n1N1CCOCC1. The van der Waals surface area contributed by atoms with E-state index in [9.17, 15) is 0 Å². The Hall–Kier alpha value is -0.970. The quantitative estimate of drug-likeness (QED) is 0.799. The summed E-state index contributed by atoms with van der Waals surface area (Å²) in [4.78, 5) is 4.61. The fourth-order valence-electron chi connectivity index (χ4n) is 2.37. The number of alkyl halides is 1. The van der Waals surface area contributed by atoms with Crippen LogP contribution in [-0.4, -0.2) is 36.0 Å². The van der Waals surface area contributed by atoms with Crippen molar-refractivity contribution in [2.75, 3.05) is 31.3 Å². The lowest BCUT2D eigenvalue weighted by molar-refractivity contribution is 0.111. The van der Waals surface area contributed by atoms with Crippen LogP contribution in [0, 0.1) is 0 Å². The second-order valence-electron chi connectivity index (χ2n) is 4.60. The summed E-state index contributed by atoms with van der Waals surface area (Å²) in [7, 11) is 0. The Morgan fingerprint density at radius 1 is 1.32 bits per heavy atom. The molecule has 1 atom stereocenters. The molecule has 4 nitrogen and oxygen atoms in total. The van der Waals surface area contributed by atoms with Crippen LogP contribution in [0.5, 0.6) is 0 Å². The molecule has 0 saturated carbocycles. The van der Waals surface area contributed by atoms with Crippen molar-refractivity contribution in [1.29, 1.82) is 0 Å². The highest BCUT2D eigenvalue weighted by atomic mass is 35.5. The van der Waals surface area contributed by atoms with Crippen LogP contribution in [0.2, 0.25) is 5.02 Å². The maximum atomic E-state index is 6.26. The molecule has 6 heteroatoms. The monoisotopic (exact) mass is 299 g/mol. The van der Waals surface area contributed by atoms with Crippen molar-refractivity contribution in [2.45, 2.75) is 12.3 Å². The molecule has 102 valence electrons. The molecule has 0 aliphatic carbocycles. The van der Waals surface area contributed by atoms with E-state index in [0.717, 1.165) is 43.2 Å². The van der Waals surface area contributed by atoms with Crippen molar-refractivity contribution in [2.24, 2.45) is 0 Å². The molecule has 1 aliphatic rings. The van der Waals surface area contributed by atoms with Crippen molar-refractivity contribution >= 4 is 34.2 Å². The van der Waals surface area contributed by atoms with E-state index in [2.05, 4.69) is 14.7 Å². The fraction of sp³-hybridized carbons (Fsp3) is 0.462. The molecule has 1 unspecified atom stereocenters. The zero-order chi connectivity index (χ0) is 13.4. The fourth-order valence-corrected chi connectivity index (χ4v) is 2.68. The highest BCUT2D eigenvalue weighted by molar-refractivity contribution is 6.31. The number of hydrogen-bond donors (Lipinski definition) is 0. The van der Waals surface area contributed by atoms with Crippen LogP contribution in [0.3, 0.4) is 0 Å². The molecule has 2 heterocycles. The molecule has 0 bridgehead atoms. The minimum absolute atomic E-state index is 0.158. The molecule has 3 rings (SSSR count). The highest BCUT2D eigenvalue weighted by Crippen LogP contribution is 2.27. The van der Waals surface area contributed by atoms with Crippen LogP contribution in [0.4, 0.5) is 0 Å². The minimum atomic E-state index is -0.158. The summed E-state index contributed by atoms with van der Waals surface area (Å²) in [6.45, 7) is 5.06. The molecule has 0 spiro atoms. The number of morpholine rings is 1. The summed E-state index contributed by atoms with van der Waals surface area (Å²) in [6, 6.07) is 5.74. The van der Waals surface area contributed by atoms with Gasteiger partial charge in [0.05, 0.1) is 42.7 Å². The van der Waals surface area contributed by atoms with Gasteiger partial charge in [0.2, 0.25) is 0 Å². The number of nitrogens with zero attached hydrogens (tertiary/aromatic N) is 3. The van der Waals surface area contributed by atoms with Crippen LogP contribution >= 0.6 is 23.2 Å². The largest absolute Gasteiger partial charge is 0.378 e. The number of ether oxygens (including phenoxy) is 1.